The van der Waals surface area contributed by atoms with Gasteiger partial charge in [-0.2, -0.15) is 0 Å². The molecule has 0 bridgehead atoms. The molecule has 0 saturated carbocycles. The minimum atomic E-state index is 0.135. The standard InChI is InChI=1S/C13H15NO/c1-3-6-11-9-10-7-4-5-8-12(10)14(2)13(11)15/h4-5,7-9H,3,6H2,1-2H3. The van der Waals surface area contributed by atoms with Crippen LogP contribution in [0.15, 0.2) is 35.1 Å². The second kappa shape index (κ2) is 3.89. The first-order valence-corrected chi connectivity index (χ1v) is 5.31. The molecule has 0 saturated heterocycles. The average molecular weight is 201 g/mol. The molecule has 0 aliphatic carbocycles. The highest BCUT2D eigenvalue weighted by atomic mass is 16.1. The molecular weight excluding hydrogens is 186 g/mol. The summed E-state index contributed by atoms with van der Waals surface area (Å²) in [6, 6.07) is 10.0. The number of rotatable bonds is 2. The Morgan fingerprint density at radius 3 is 2.73 bits per heavy atom. The van der Waals surface area contributed by atoms with E-state index in [1.807, 2.05) is 37.4 Å². The molecule has 0 amide bonds. The number of hydrogen-bond donors (Lipinski definition) is 0. The number of nitrogens with zero attached hydrogens (tertiary/aromatic N) is 1. The molecule has 0 radical (unpaired) electrons. The van der Waals surface area contributed by atoms with E-state index in [0.717, 1.165) is 29.3 Å². The van der Waals surface area contributed by atoms with Crippen LogP contribution in [0.2, 0.25) is 0 Å². The number of fused-ring (bicyclic) bond motifs is 1. The fraction of sp³-hybridized carbons (Fsp3) is 0.308. The van der Waals surface area contributed by atoms with E-state index < -0.39 is 0 Å². The van der Waals surface area contributed by atoms with Crippen LogP contribution in [0.3, 0.4) is 0 Å². The van der Waals surface area contributed by atoms with Crippen molar-refractivity contribution in [3.63, 3.8) is 0 Å². The summed E-state index contributed by atoms with van der Waals surface area (Å²) in [5, 5.41) is 1.14. The van der Waals surface area contributed by atoms with Gasteiger partial charge in [0.15, 0.2) is 0 Å². The zero-order chi connectivity index (χ0) is 10.8. The van der Waals surface area contributed by atoms with E-state index in [2.05, 4.69) is 6.92 Å². The quantitative estimate of drug-likeness (QED) is 0.731. The first-order valence-electron chi connectivity index (χ1n) is 5.31. The number of benzene rings is 1. The fourth-order valence-corrected chi connectivity index (χ4v) is 1.94. The number of aryl methyl sites for hydroxylation is 2. The molecule has 0 N–H and O–H groups in total. The predicted molar refractivity (Wildman–Crippen MR) is 63.2 cm³/mol. The van der Waals surface area contributed by atoms with E-state index in [0.29, 0.717) is 0 Å². The van der Waals surface area contributed by atoms with Crippen LogP contribution in [0.1, 0.15) is 18.9 Å². The third-order valence-electron chi connectivity index (χ3n) is 2.73. The maximum absolute atomic E-state index is 11.9. The SMILES string of the molecule is CCCc1cc2ccccc2n(C)c1=O. The first-order chi connectivity index (χ1) is 7.24. The zero-order valence-electron chi connectivity index (χ0n) is 9.16. The van der Waals surface area contributed by atoms with Crippen LogP contribution >= 0.6 is 0 Å². The number of para-hydroxylation sites is 1. The lowest BCUT2D eigenvalue weighted by Gasteiger charge is -2.07. The van der Waals surface area contributed by atoms with Crippen LogP contribution in [0, 0.1) is 0 Å². The van der Waals surface area contributed by atoms with Gasteiger partial charge >= 0.3 is 0 Å². The Balaban J connectivity index is 2.77. The van der Waals surface area contributed by atoms with Gasteiger partial charge in [-0.25, -0.2) is 0 Å². The topological polar surface area (TPSA) is 22.0 Å². The van der Waals surface area contributed by atoms with Crippen molar-refractivity contribution < 1.29 is 0 Å². The number of pyridine rings is 1. The van der Waals surface area contributed by atoms with Crippen LogP contribution in [0.25, 0.3) is 10.9 Å². The van der Waals surface area contributed by atoms with E-state index in [4.69, 9.17) is 0 Å². The molecule has 0 unspecified atom stereocenters. The third kappa shape index (κ3) is 1.67. The Hall–Kier alpha value is -1.57. The molecule has 1 heterocycles. The van der Waals surface area contributed by atoms with Crippen LogP contribution in [-0.4, -0.2) is 4.57 Å². The summed E-state index contributed by atoms with van der Waals surface area (Å²) in [5.74, 6) is 0. The molecule has 0 aliphatic rings. The van der Waals surface area contributed by atoms with Crippen LogP contribution < -0.4 is 5.56 Å². The Labute approximate surface area is 89.2 Å². The molecule has 0 fully saturated rings. The Kier molecular flexibility index (Phi) is 2.58. The maximum Gasteiger partial charge on any atom is 0.253 e. The molecule has 2 rings (SSSR count). The number of aromatic nitrogens is 1. The summed E-state index contributed by atoms with van der Waals surface area (Å²) in [6.07, 6.45) is 1.87. The van der Waals surface area contributed by atoms with Crippen molar-refractivity contribution in [2.45, 2.75) is 19.8 Å². The van der Waals surface area contributed by atoms with Gasteiger partial charge < -0.3 is 4.57 Å². The molecule has 0 spiro atoms. The Morgan fingerprint density at radius 1 is 1.27 bits per heavy atom. The third-order valence-corrected chi connectivity index (χ3v) is 2.73. The monoisotopic (exact) mass is 201 g/mol. The molecular formula is C13H15NO. The van der Waals surface area contributed by atoms with Gasteiger partial charge in [-0.05, 0) is 23.9 Å². The van der Waals surface area contributed by atoms with Gasteiger partial charge in [0, 0.05) is 12.6 Å². The lowest BCUT2D eigenvalue weighted by atomic mass is 10.1. The Bertz CT molecular complexity index is 540. The lowest BCUT2D eigenvalue weighted by molar-refractivity contribution is 0.840. The molecule has 2 aromatic rings. The van der Waals surface area contributed by atoms with Crippen LogP contribution in [0.4, 0.5) is 0 Å². The summed E-state index contributed by atoms with van der Waals surface area (Å²) < 4.78 is 1.74. The molecule has 1 aromatic carbocycles. The van der Waals surface area contributed by atoms with Gasteiger partial charge in [0.2, 0.25) is 0 Å². The van der Waals surface area contributed by atoms with Gasteiger partial charge in [-0.1, -0.05) is 31.5 Å². The van der Waals surface area contributed by atoms with Gasteiger partial charge in [0.05, 0.1) is 5.52 Å². The van der Waals surface area contributed by atoms with E-state index >= 15 is 0 Å². The summed E-state index contributed by atoms with van der Waals surface area (Å²) in [7, 11) is 1.84. The Morgan fingerprint density at radius 2 is 2.00 bits per heavy atom. The van der Waals surface area contributed by atoms with Crippen LogP contribution in [-0.2, 0) is 13.5 Å². The predicted octanol–water partition coefficient (Wildman–Crippen LogP) is 2.49. The molecule has 0 atom stereocenters. The van der Waals surface area contributed by atoms with Gasteiger partial charge in [0.1, 0.15) is 0 Å². The summed E-state index contributed by atoms with van der Waals surface area (Å²) in [4.78, 5) is 11.9. The molecule has 2 heteroatoms. The van der Waals surface area contributed by atoms with Crippen molar-refractivity contribution >= 4 is 10.9 Å². The van der Waals surface area contributed by atoms with Crippen molar-refractivity contribution in [3.8, 4) is 0 Å². The number of hydrogen-bond acceptors (Lipinski definition) is 1. The second-order valence-corrected chi connectivity index (χ2v) is 3.84. The van der Waals surface area contributed by atoms with Crippen molar-refractivity contribution in [2.24, 2.45) is 7.05 Å². The van der Waals surface area contributed by atoms with Crippen molar-refractivity contribution in [1.82, 2.24) is 4.57 Å². The van der Waals surface area contributed by atoms with Crippen molar-refractivity contribution in [2.75, 3.05) is 0 Å². The zero-order valence-corrected chi connectivity index (χ0v) is 9.16. The smallest absolute Gasteiger partial charge is 0.253 e. The normalized spacial score (nSPS) is 10.8. The maximum atomic E-state index is 11.9. The minimum Gasteiger partial charge on any atom is -0.311 e. The minimum absolute atomic E-state index is 0.135. The first kappa shape index (κ1) is 9.97. The van der Waals surface area contributed by atoms with Crippen molar-refractivity contribution in [1.29, 1.82) is 0 Å². The highest BCUT2D eigenvalue weighted by Gasteiger charge is 2.04. The fourth-order valence-electron chi connectivity index (χ4n) is 1.94. The summed E-state index contributed by atoms with van der Waals surface area (Å²) >= 11 is 0. The molecule has 1 aromatic heterocycles. The van der Waals surface area contributed by atoms with E-state index in [9.17, 15) is 4.79 Å². The van der Waals surface area contributed by atoms with E-state index in [1.54, 1.807) is 4.57 Å². The van der Waals surface area contributed by atoms with Crippen LogP contribution in [0.5, 0.6) is 0 Å². The lowest BCUT2D eigenvalue weighted by Crippen LogP contribution is -2.21. The summed E-state index contributed by atoms with van der Waals surface area (Å²) in [6.45, 7) is 2.09. The molecule has 2 nitrogen and oxygen atoms in total. The highest BCUT2D eigenvalue weighted by Crippen LogP contribution is 2.12. The average Bonchev–Trinajstić information content (AvgIpc) is 2.26. The summed E-state index contributed by atoms with van der Waals surface area (Å²) in [5.41, 5.74) is 2.05. The largest absolute Gasteiger partial charge is 0.311 e. The molecule has 0 aliphatic heterocycles. The van der Waals surface area contributed by atoms with E-state index in [1.165, 1.54) is 0 Å². The van der Waals surface area contributed by atoms with E-state index in [-0.39, 0.29) is 5.56 Å². The molecule has 78 valence electrons. The second-order valence-electron chi connectivity index (χ2n) is 3.84. The van der Waals surface area contributed by atoms with Gasteiger partial charge in [-0.15, -0.1) is 0 Å². The van der Waals surface area contributed by atoms with Gasteiger partial charge in [0.25, 0.3) is 5.56 Å². The van der Waals surface area contributed by atoms with Crippen molar-refractivity contribution in [3.05, 3.63) is 46.2 Å². The molecule has 15 heavy (non-hydrogen) atoms. The van der Waals surface area contributed by atoms with Gasteiger partial charge in [-0.3, -0.25) is 4.79 Å². The highest BCUT2D eigenvalue weighted by molar-refractivity contribution is 5.79.